The highest BCUT2D eigenvalue weighted by Gasteiger charge is 2.08. The maximum absolute atomic E-state index is 12.0. The molecular formula is C19H16N2O2. The van der Waals surface area contributed by atoms with Crippen molar-refractivity contribution in [3.05, 3.63) is 79.1 Å². The first-order chi connectivity index (χ1) is 11.3. The molecule has 0 saturated carbocycles. The number of aromatic nitrogens is 1. The average Bonchev–Trinajstić information content (AvgIpc) is 2.62. The Morgan fingerprint density at radius 2 is 1.74 bits per heavy atom. The zero-order valence-electron chi connectivity index (χ0n) is 12.5. The number of amides is 1. The molecular weight excluding hydrogens is 288 g/mol. The van der Waals surface area contributed by atoms with E-state index in [0.29, 0.717) is 11.4 Å². The van der Waals surface area contributed by atoms with Crippen molar-refractivity contribution < 1.29 is 9.53 Å². The molecule has 0 spiro atoms. The Bertz CT molecular complexity index is 774. The summed E-state index contributed by atoms with van der Waals surface area (Å²) < 4.78 is 5.69. The molecule has 0 bridgehead atoms. The number of carbonyl (C=O) groups excluding carboxylic acids is 1. The Morgan fingerprint density at radius 1 is 0.957 bits per heavy atom. The number of nitrogens with zero attached hydrogens (tertiary/aromatic N) is 1. The molecule has 1 aromatic heterocycles. The smallest absolute Gasteiger partial charge is 0.262 e. The molecule has 0 saturated heterocycles. The van der Waals surface area contributed by atoms with Crippen LogP contribution in [0.5, 0.6) is 5.75 Å². The lowest BCUT2D eigenvalue weighted by atomic mass is 10.1. The van der Waals surface area contributed by atoms with Gasteiger partial charge < -0.3 is 10.1 Å². The van der Waals surface area contributed by atoms with Gasteiger partial charge in [-0.05, 0) is 23.8 Å². The highest BCUT2D eigenvalue weighted by atomic mass is 16.5. The van der Waals surface area contributed by atoms with Crippen LogP contribution < -0.4 is 10.1 Å². The molecule has 1 N–H and O–H groups in total. The molecule has 0 fully saturated rings. The lowest BCUT2D eigenvalue weighted by Crippen LogP contribution is -2.20. The van der Waals surface area contributed by atoms with Crippen molar-refractivity contribution in [3.8, 4) is 16.9 Å². The minimum atomic E-state index is -0.221. The number of nitrogens with one attached hydrogen (secondary N) is 1. The lowest BCUT2D eigenvalue weighted by Gasteiger charge is -2.11. The molecule has 2 aromatic carbocycles. The number of hydrogen-bond donors (Lipinski definition) is 1. The molecule has 114 valence electrons. The van der Waals surface area contributed by atoms with Crippen LogP contribution in [-0.4, -0.2) is 17.5 Å². The van der Waals surface area contributed by atoms with Crippen molar-refractivity contribution in [2.24, 2.45) is 0 Å². The second-order valence-corrected chi connectivity index (χ2v) is 4.94. The van der Waals surface area contributed by atoms with E-state index in [1.807, 2.05) is 54.6 Å². The Balaban J connectivity index is 1.68. The largest absolute Gasteiger partial charge is 0.483 e. The molecule has 0 aliphatic carbocycles. The summed E-state index contributed by atoms with van der Waals surface area (Å²) in [5.41, 5.74) is 2.66. The Morgan fingerprint density at radius 3 is 2.52 bits per heavy atom. The van der Waals surface area contributed by atoms with Crippen LogP contribution in [0, 0.1) is 0 Å². The molecule has 1 amide bonds. The van der Waals surface area contributed by atoms with Crippen LogP contribution in [0.4, 0.5) is 5.69 Å². The van der Waals surface area contributed by atoms with Crippen molar-refractivity contribution in [1.82, 2.24) is 4.98 Å². The van der Waals surface area contributed by atoms with Crippen molar-refractivity contribution in [3.63, 3.8) is 0 Å². The van der Waals surface area contributed by atoms with E-state index in [9.17, 15) is 4.79 Å². The van der Waals surface area contributed by atoms with Crippen molar-refractivity contribution in [2.45, 2.75) is 0 Å². The highest BCUT2D eigenvalue weighted by Crippen LogP contribution is 2.29. The van der Waals surface area contributed by atoms with Gasteiger partial charge in [0, 0.05) is 11.8 Å². The van der Waals surface area contributed by atoms with Crippen LogP contribution in [0.1, 0.15) is 0 Å². The SMILES string of the molecule is O=C(COc1ccccc1-c1ccccc1)Nc1cccnc1. The molecule has 0 unspecified atom stereocenters. The van der Waals surface area contributed by atoms with Crippen LogP contribution in [-0.2, 0) is 4.79 Å². The second-order valence-electron chi connectivity index (χ2n) is 4.94. The van der Waals surface area contributed by atoms with E-state index >= 15 is 0 Å². The van der Waals surface area contributed by atoms with E-state index < -0.39 is 0 Å². The third-order valence-corrected chi connectivity index (χ3v) is 3.28. The van der Waals surface area contributed by atoms with E-state index in [2.05, 4.69) is 10.3 Å². The minimum absolute atomic E-state index is 0.0568. The van der Waals surface area contributed by atoms with E-state index in [1.54, 1.807) is 24.5 Å². The summed E-state index contributed by atoms with van der Waals surface area (Å²) in [6.07, 6.45) is 3.25. The van der Waals surface area contributed by atoms with E-state index in [4.69, 9.17) is 4.74 Å². The number of ether oxygens (including phenoxy) is 1. The highest BCUT2D eigenvalue weighted by molar-refractivity contribution is 5.91. The fourth-order valence-electron chi connectivity index (χ4n) is 2.23. The van der Waals surface area contributed by atoms with Crippen LogP contribution in [0.15, 0.2) is 79.1 Å². The monoisotopic (exact) mass is 304 g/mol. The van der Waals surface area contributed by atoms with E-state index in [-0.39, 0.29) is 12.5 Å². The van der Waals surface area contributed by atoms with Crippen molar-refractivity contribution >= 4 is 11.6 Å². The van der Waals surface area contributed by atoms with Gasteiger partial charge in [-0.15, -0.1) is 0 Å². The predicted molar refractivity (Wildman–Crippen MR) is 90.2 cm³/mol. The van der Waals surface area contributed by atoms with Crippen molar-refractivity contribution in [2.75, 3.05) is 11.9 Å². The van der Waals surface area contributed by atoms with Gasteiger partial charge in [-0.25, -0.2) is 0 Å². The quantitative estimate of drug-likeness (QED) is 0.780. The summed E-state index contributed by atoms with van der Waals surface area (Å²) in [4.78, 5) is 15.9. The molecule has 0 aliphatic rings. The predicted octanol–water partition coefficient (Wildman–Crippen LogP) is 3.77. The van der Waals surface area contributed by atoms with Gasteiger partial charge in [-0.1, -0.05) is 48.5 Å². The topological polar surface area (TPSA) is 51.2 Å². The number of anilines is 1. The number of hydrogen-bond acceptors (Lipinski definition) is 3. The zero-order chi connectivity index (χ0) is 15.9. The van der Waals surface area contributed by atoms with Gasteiger partial charge in [0.25, 0.3) is 5.91 Å². The van der Waals surface area contributed by atoms with Crippen LogP contribution in [0.25, 0.3) is 11.1 Å². The van der Waals surface area contributed by atoms with Gasteiger partial charge in [-0.2, -0.15) is 0 Å². The first-order valence-corrected chi connectivity index (χ1v) is 7.30. The maximum Gasteiger partial charge on any atom is 0.262 e. The number of carbonyl (C=O) groups is 1. The molecule has 23 heavy (non-hydrogen) atoms. The van der Waals surface area contributed by atoms with E-state index in [1.165, 1.54) is 0 Å². The van der Waals surface area contributed by atoms with Gasteiger partial charge in [0.05, 0.1) is 11.9 Å². The minimum Gasteiger partial charge on any atom is -0.483 e. The van der Waals surface area contributed by atoms with Crippen LogP contribution >= 0.6 is 0 Å². The third-order valence-electron chi connectivity index (χ3n) is 3.28. The number of pyridine rings is 1. The second kappa shape index (κ2) is 7.22. The van der Waals surface area contributed by atoms with Crippen molar-refractivity contribution in [1.29, 1.82) is 0 Å². The molecule has 0 atom stereocenters. The van der Waals surface area contributed by atoms with Gasteiger partial charge in [-0.3, -0.25) is 9.78 Å². The maximum atomic E-state index is 12.0. The van der Waals surface area contributed by atoms with Gasteiger partial charge in [0.1, 0.15) is 5.75 Å². The molecule has 1 heterocycles. The Labute approximate surface area is 134 Å². The van der Waals surface area contributed by atoms with Crippen LogP contribution in [0.2, 0.25) is 0 Å². The molecule has 4 nitrogen and oxygen atoms in total. The normalized spacial score (nSPS) is 10.1. The average molecular weight is 304 g/mol. The van der Waals surface area contributed by atoms with E-state index in [0.717, 1.165) is 11.1 Å². The fraction of sp³-hybridized carbons (Fsp3) is 0.0526. The summed E-state index contributed by atoms with van der Waals surface area (Å²) in [6.45, 7) is -0.0568. The summed E-state index contributed by atoms with van der Waals surface area (Å²) >= 11 is 0. The summed E-state index contributed by atoms with van der Waals surface area (Å²) in [6, 6.07) is 21.2. The zero-order valence-corrected chi connectivity index (χ0v) is 12.5. The number of para-hydroxylation sites is 1. The van der Waals surface area contributed by atoms with Gasteiger partial charge in [0.2, 0.25) is 0 Å². The first-order valence-electron chi connectivity index (χ1n) is 7.30. The molecule has 0 radical (unpaired) electrons. The summed E-state index contributed by atoms with van der Waals surface area (Å²) in [5, 5.41) is 2.74. The summed E-state index contributed by atoms with van der Waals surface area (Å²) in [7, 11) is 0. The van der Waals surface area contributed by atoms with Gasteiger partial charge >= 0.3 is 0 Å². The molecule has 4 heteroatoms. The number of benzene rings is 2. The van der Waals surface area contributed by atoms with Gasteiger partial charge in [0.15, 0.2) is 6.61 Å². The molecule has 0 aliphatic heterocycles. The lowest BCUT2D eigenvalue weighted by molar-refractivity contribution is -0.118. The fourth-order valence-corrected chi connectivity index (χ4v) is 2.23. The first kappa shape index (κ1) is 14.8. The molecule has 3 rings (SSSR count). The third kappa shape index (κ3) is 3.95. The Hall–Kier alpha value is -3.14. The molecule has 3 aromatic rings. The summed E-state index contributed by atoms with van der Waals surface area (Å²) in [5.74, 6) is 0.459. The Kier molecular flexibility index (Phi) is 4.64. The standard InChI is InChI=1S/C19H16N2O2/c22-19(21-16-9-6-12-20-13-16)14-23-18-11-5-4-10-17(18)15-7-2-1-3-8-15/h1-13H,14H2,(H,21,22). The van der Waals surface area contributed by atoms with Crippen LogP contribution in [0.3, 0.4) is 0 Å². The number of rotatable bonds is 5.